The molecule has 1 atom stereocenters. The minimum atomic E-state index is -0.774. The van der Waals surface area contributed by atoms with Gasteiger partial charge in [0.1, 0.15) is 5.92 Å². The van der Waals surface area contributed by atoms with Gasteiger partial charge in [-0.15, -0.1) is 11.3 Å². The number of Topliss-reactive ketones (excluding diaryl/α,β-unsaturated/α-hetero) is 1. The van der Waals surface area contributed by atoms with Gasteiger partial charge in [0.05, 0.1) is 13.6 Å². The van der Waals surface area contributed by atoms with Crippen LogP contribution in [-0.2, 0) is 0 Å². The lowest BCUT2D eigenvalue weighted by Gasteiger charge is -2.10. The van der Waals surface area contributed by atoms with Crippen LogP contribution in [0.25, 0.3) is 0 Å². The fraction of sp³-hybridized carbons (Fsp3) is 0.250. The molecule has 0 spiro atoms. The first-order chi connectivity index (χ1) is 9.93. The summed E-state index contributed by atoms with van der Waals surface area (Å²) in [7, 11) is 0. The van der Waals surface area contributed by atoms with Crippen LogP contribution in [-0.4, -0.2) is 5.78 Å². The Hall–Kier alpha value is -0.960. The van der Waals surface area contributed by atoms with Gasteiger partial charge in [-0.1, -0.05) is 38.1 Å². The molecule has 0 N–H and O–H groups in total. The third kappa shape index (κ3) is 3.63. The van der Waals surface area contributed by atoms with E-state index in [1.807, 2.05) is 24.3 Å². The quantitative estimate of drug-likeness (QED) is 0.572. The molecule has 1 unspecified atom stereocenters. The van der Waals surface area contributed by atoms with Crippen LogP contribution in [0.1, 0.15) is 47.2 Å². The zero-order chi connectivity index (χ0) is 15.6. The standard InChI is InChI=1S/C16H13Br2NOS/c1-9(2)10-3-5-11(6-4-10)13(8-19)15(20)12-7-14(17)21-16(12)18/h3-7,9,13H,1-2H3. The molecule has 0 aliphatic carbocycles. The Labute approximate surface area is 145 Å². The number of hydrogen-bond donors (Lipinski definition) is 0. The highest BCUT2D eigenvalue weighted by atomic mass is 79.9. The third-order valence-corrected chi connectivity index (χ3v) is 5.59. The topological polar surface area (TPSA) is 40.9 Å². The monoisotopic (exact) mass is 425 g/mol. The fourth-order valence-corrected chi connectivity index (χ4v) is 4.84. The number of hydrogen-bond acceptors (Lipinski definition) is 3. The number of nitriles is 1. The first-order valence-corrected chi connectivity index (χ1v) is 8.82. The van der Waals surface area contributed by atoms with E-state index in [-0.39, 0.29) is 5.78 Å². The normalized spacial score (nSPS) is 12.2. The van der Waals surface area contributed by atoms with E-state index < -0.39 is 5.92 Å². The van der Waals surface area contributed by atoms with E-state index in [1.165, 1.54) is 16.9 Å². The summed E-state index contributed by atoms with van der Waals surface area (Å²) in [6, 6.07) is 11.6. The van der Waals surface area contributed by atoms with Crippen molar-refractivity contribution in [2.45, 2.75) is 25.7 Å². The smallest absolute Gasteiger partial charge is 0.186 e. The summed E-state index contributed by atoms with van der Waals surface area (Å²) in [5.74, 6) is -0.523. The average Bonchev–Trinajstić information content (AvgIpc) is 2.79. The van der Waals surface area contributed by atoms with E-state index in [2.05, 4.69) is 51.8 Å². The minimum absolute atomic E-state index is 0.177. The van der Waals surface area contributed by atoms with Crippen LogP contribution in [0.2, 0.25) is 0 Å². The summed E-state index contributed by atoms with van der Waals surface area (Å²) in [4.78, 5) is 12.6. The van der Waals surface area contributed by atoms with Gasteiger partial charge in [0, 0.05) is 5.56 Å². The predicted molar refractivity (Wildman–Crippen MR) is 92.9 cm³/mol. The maximum absolute atomic E-state index is 12.6. The van der Waals surface area contributed by atoms with Gasteiger partial charge in [-0.25, -0.2) is 0 Å². The summed E-state index contributed by atoms with van der Waals surface area (Å²) in [6.45, 7) is 4.23. The SMILES string of the molecule is CC(C)c1ccc(C(C#N)C(=O)c2cc(Br)sc2Br)cc1. The highest BCUT2D eigenvalue weighted by Crippen LogP contribution is 2.35. The first-order valence-electron chi connectivity index (χ1n) is 6.42. The summed E-state index contributed by atoms with van der Waals surface area (Å²) >= 11 is 8.16. The van der Waals surface area contributed by atoms with E-state index in [1.54, 1.807) is 6.07 Å². The van der Waals surface area contributed by atoms with E-state index in [9.17, 15) is 10.1 Å². The van der Waals surface area contributed by atoms with E-state index in [0.29, 0.717) is 11.5 Å². The number of rotatable bonds is 4. The van der Waals surface area contributed by atoms with Crippen molar-refractivity contribution in [3.8, 4) is 6.07 Å². The van der Waals surface area contributed by atoms with Crippen molar-refractivity contribution in [3.63, 3.8) is 0 Å². The van der Waals surface area contributed by atoms with Gasteiger partial charge in [-0.3, -0.25) is 4.79 Å². The molecular formula is C16H13Br2NOS. The summed E-state index contributed by atoms with van der Waals surface area (Å²) in [6.07, 6.45) is 0. The highest BCUT2D eigenvalue weighted by molar-refractivity contribution is 9.12. The molecule has 0 bridgehead atoms. The van der Waals surface area contributed by atoms with E-state index >= 15 is 0 Å². The largest absolute Gasteiger partial charge is 0.292 e. The number of benzene rings is 1. The Balaban J connectivity index is 2.33. The average molecular weight is 427 g/mol. The van der Waals surface area contributed by atoms with Gasteiger partial charge >= 0.3 is 0 Å². The minimum Gasteiger partial charge on any atom is -0.292 e. The van der Waals surface area contributed by atoms with Crippen LogP contribution in [0.5, 0.6) is 0 Å². The number of thiophene rings is 1. The summed E-state index contributed by atoms with van der Waals surface area (Å²) < 4.78 is 1.61. The van der Waals surface area contributed by atoms with Crippen molar-refractivity contribution in [2.24, 2.45) is 0 Å². The molecule has 0 fully saturated rings. The summed E-state index contributed by atoms with van der Waals surface area (Å²) in [5, 5.41) is 9.39. The molecule has 2 aromatic rings. The molecule has 1 aromatic carbocycles. The Kier molecular flexibility index (Phi) is 5.37. The number of ketones is 1. The molecule has 108 valence electrons. The van der Waals surface area contributed by atoms with Crippen LogP contribution in [0.15, 0.2) is 37.9 Å². The second-order valence-electron chi connectivity index (χ2n) is 4.99. The number of halogens is 2. The van der Waals surface area contributed by atoms with Gasteiger partial charge < -0.3 is 0 Å². The first kappa shape index (κ1) is 16.4. The van der Waals surface area contributed by atoms with Crippen molar-refractivity contribution in [1.82, 2.24) is 0 Å². The summed E-state index contributed by atoms with van der Waals surface area (Å²) in [5.41, 5.74) is 2.48. The maximum Gasteiger partial charge on any atom is 0.186 e. The van der Waals surface area contributed by atoms with Crippen molar-refractivity contribution >= 4 is 49.0 Å². The Morgan fingerprint density at radius 1 is 1.19 bits per heavy atom. The number of carbonyl (C=O) groups is 1. The second kappa shape index (κ2) is 6.87. The molecule has 1 aromatic heterocycles. The van der Waals surface area contributed by atoms with Crippen molar-refractivity contribution in [3.05, 3.63) is 54.6 Å². The highest BCUT2D eigenvalue weighted by Gasteiger charge is 2.25. The zero-order valence-electron chi connectivity index (χ0n) is 11.6. The van der Waals surface area contributed by atoms with Crippen molar-refractivity contribution in [1.29, 1.82) is 5.26 Å². The van der Waals surface area contributed by atoms with Gasteiger partial charge in [0.2, 0.25) is 0 Å². The molecule has 0 aliphatic rings. The molecule has 1 heterocycles. The molecule has 0 radical (unpaired) electrons. The molecule has 21 heavy (non-hydrogen) atoms. The maximum atomic E-state index is 12.6. The van der Waals surface area contributed by atoms with Crippen molar-refractivity contribution < 1.29 is 4.79 Å². The zero-order valence-corrected chi connectivity index (χ0v) is 15.5. The Bertz CT molecular complexity index is 698. The predicted octanol–water partition coefficient (Wildman–Crippen LogP) is 5.89. The molecule has 0 saturated carbocycles. The van der Waals surface area contributed by atoms with Crippen LogP contribution in [0.4, 0.5) is 0 Å². The lowest BCUT2D eigenvalue weighted by atomic mass is 9.91. The van der Waals surface area contributed by atoms with Crippen molar-refractivity contribution in [2.75, 3.05) is 0 Å². The van der Waals surface area contributed by atoms with E-state index in [4.69, 9.17) is 0 Å². The fourth-order valence-electron chi connectivity index (χ4n) is 2.02. The molecule has 5 heteroatoms. The Morgan fingerprint density at radius 3 is 2.19 bits per heavy atom. The van der Waals surface area contributed by atoms with Crippen LogP contribution in [0.3, 0.4) is 0 Å². The van der Waals surface area contributed by atoms with Gasteiger partial charge in [-0.2, -0.15) is 5.26 Å². The molecule has 2 rings (SSSR count). The Morgan fingerprint density at radius 2 is 1.76 bits per heavy atom. The molecule has 0 saturated heterocycles. The van der Waals surface area contributed by atoms with Gasteiger partial charge in [0.25, 0.3) is 0 Å². The lowest BCUT2D eigenvalue weighted by molar-refractivity contribution is 0.0978. The van der Waals surface area contributed by atoms with Gasteiger partial charge in [0.15, 0.2) is 5.78 Å². The third-order valence-electron chi connectivity index (χ3n) is 3.25. The molecule has 0 amide bonds. The van der Waals surface area contributed by atoms with Crippen LogP contribution in [0, 0.1) is 11.3 Å². The molecular weight excluding hydrogens is 414 g/mol. The molecule has 0 aliphatic heterocycles. The lowest BCUT2D eigenvalue weighted by Crippen LogP contribution is -2.11. The second-order valence-corrected chi connectivity index (χ2v) is 8.73. The number of nitrogens with zero attached hydrogens (tertiary/aromatic N) is 1. The molecule has 2 nitrogen and oxygen atoms in total. The van der Waals surface area contributed by atoms with Gasteiger partial charge in [-0.05, 0) is 55.0 Å². The van der Waals surface area contributed by atoms with E-state index in [0.717, 1.165) is 13.1 Å². The van der Waals surface area contributed by atoms with Crippen LogP contribution >= 0.6 is 43.2 Å². The number of carbonyl (C=O) groups excluding carboxylic acids is 1. The van der Waals surface area contributed by atoms with Crippen LogP contribution < -0.4 is 0 Å².